The Morgan fingerprint density at radius 1 is 1.55 bits per heavy atom. The molecule has 1 aromatic rings. The topological polar surface area (TPSA) is 60.9 Å². The van der Waals surface area contributed by atoms with Crippen molar-refractivity contribution in [3.8, 4) is 0 Å². The van der Waals surface area contributed by atoms with Gasteiger partial charge in [-0.25, -0.2) is 0 Å². The second-order valence-electron chi connectivity index (χ2n) is 5.24. The van der Waals surface area contributed by atoms with Gasteiger partial charge in [0.2, 0.25) is 5.91 Å². The molecule has 1 aliphatic heterocycles. The number of hydrogen-bond donors (Lipinski definition) is 1. The van der Waals surface area contributed by atoms with Crippen LogP contribution >= 0.6 is 11.3 Å². The molecule has 0 spiro atoms. The highest BCUT2D eigenvalue weighted by molar-refractivity contribution is 7.09. The molecule has 20 heavy (non-hydrogen) atoms. The van der Waals surface area contributed by atoms with Crippen LogP contribution in [0.2, 0.25) is 0 Å². The first-order chi connectivity index (χ1) is 9.56. The number of nitrogens with zero attached hydrogens (tertiary/aromatic N) is 2. The largest absolute Gasteiger partial charge is 0.481 e. The van der Waals surface area contributed by atoms with Crippen LogP contribution in [0.4, 0.5) is 0 Å². The van der Waals surface area contributed by atoms with Crippen molar-refractivity contribution in [1.29, 1.82) is 0 Å². The van der Waals surface area contributed by atoms with Crippen molar-refractivity contribution in [2.45, 2.75) is 19.4 Å². The average Bonchev–Trinajstić information content (AvgIpc) is 2.91. The molecule has 1 atom stereocenters. The summed E-state index contributed by atoms with van der Waals surface area (Å²) >= 11 is 1.63. The van der Waals surface area contributed by atoms with Gasteiger partial charge >= 0.3 is 5.97 Å². The third-order valence-electron chi connectivity index (χ3n) is 3.61. The number of piperidine rings is 1. The molecular weight excluding hydrogens is 276 g/mol. The highest BCUT2D eigenvalue weighted by atomic mass is 32.1. The van der Waals surface area contributed by atoms with Crippen LogP contribution in [-0.2, 0) is 16.1 Å². The number of rotatable bonds is 5. The minimum absolute atomic E-state index is 0.0458. The van der Waals surface area contributed by atoms with E-state index in [-0.39, 0.29) is 11.8 Å². The molecule has 0 aromatic carbocycles. The Hall–Kier alpha value is -1.40. The molecule has 2 heterocycles. The molecule has 2 rings (SSSR count). The molecule has 1 amide bonds. The Labute approximate surface area is 122 Å². The summed E-state index contributed by atoms with van der Waals surface area (Å²) in [6.45, 7) is 2.22. The van der Waals surface area contributed by atoms with Crippen LogP contribution < -0.4 is 0 Å². The van der Waals surface area contributed by atoms with Gasteiger partial charge in [0.15, 0.2) is 0 Å². The number of likely N-dealkylation sites (tertiary alicyclic amines) is 1. The lowest BCUT2D eigenvalue weighted by Gasteiger charge is -2.31. The van der Waals surface area contributed by atoms with E-state index >= 15 is 0 Å². The molecule has 110 valence electrons. The normalized spacial score (nSPS) is 19.8. The van der Waals surface area contributed by atoms with Crippen LogP contribution in [-0.4, -0.2) is 53.5 Å². The number of amides is 1. The molecule has 1 aromatic heterocycles. The summed E-state index contributed by atoms with van der Waals surface area (Å²) in [5.74, 6) is -1.04. The maximum Gasteiger partial charge on any atom is 0.307 e. The summed E-state index contributed by atoms with van der Waals surface area (Å²) in [6.07, 6.45) is 1.56. The van der Waals surface area contributed by atoms with E-state index in [0.717, 1.165) is 17.8 Å². The van der Waals surface area contributed by atoms with Crippen LogP contribution in [0, 0.1) is 5.92 Å². The predicted molar refractivity (Wildman–Crippen MR) is 77.6 cm³/mol. The Morgan fingerprint density at radius 3 is 3.00 bits per heavy atom. The SMILES string of the molecule is CN(Cc1cccs1)C(=O)CN1CCCC(C(=O)O)C1. The first-order valence-electron chi connectivity index (χ1n) is 6.78. The van der Waals surface area contributed by atoms with Crippen LogP contribution in [0.15, 0.2) is 17.5 Å². The molecular formula is C14H20N2O3S. The number of carbonyl (C=O) groups excluding carboxylic acids is 1. The van der Waals surface area contributed by atoms with Crippen molar-refractivity contribution in [3.63, 3.8) is 0 Å². The smallest absolute Gasteiger partial charge is 0.307 e. The predicted octanol–water partition coefficient (Wildman–Crippen LogP) is 1.50. The summed E-state index contributed by atoms with van der Waals surface area (Å²) in [5, 5.41) is 11.0. The van der Waals surface area contributed by atoms with E-state index in [1.54, 1.807) is 23.3 Å². The highest BCUT2D eigenvalue weighted by Crippen LogP contribution is 2.17. The summed E-state index contributed by atoms with van der Waals surface area (Å²) in [5.41, 5.74) is 0. The van der Waals surface area contributed by atoms with Crippen LogP contribution in [0.25, 0.3) is 0 Å². The van der Waals surface area contributed by atoms with E-state index in [2.05, 4.69) is 0 Å². The lowest BCUT2D eigenvalue weighted by atomic mass is 9.98. The third kappa shape index (κ3) is 4.05. The minimum atomic E-state index is -0.755. The Bertz CT molecular complexity index is 461. The fourth-order valence-electron chi connectivity index (χ4n) is 2.44. The minimum Gasteiger partial charge on any atom is -0.481 e. The maximum atomic E-state index is 12.2. The van der Waals surface area contributed by atoms with Gasteiger partial charge in [-0.3, -0.25) is 14.5 Å². The monoisotopic (exact) mass is 296 g/mol. The fourth-order valence-corrected chi connectivity index (χ4v) is 3.19. The highest BCUT2D eigenvalue weighted by Gasteiger charge is 2.27. The standard InChI is InChI=1S/C14H20N2O3S/c1-15(9-12-5-3-7-20-12)13(17)10-16-6-2-4-11(8-16)14(18)19/h3,5,7,11H,2,4,6,8-10H2,1H3,(H,18,19). The van der Waals surface area contributed by atoms with Gasteiger partial charge in [0.25, 0.3) is 0 Å². The van der Waals surface area contributed by atoms with Gasteiger partial charge in [-0.2, -0.15) is 0 Å². The average molecular weight is 296 g/mol. The molecule has 0 radical (unpaired) electrons. The number of hydrogen-bond acceptors (Lipinski definition) is 4. The second kappa shape index (κ2) is 6.85. The van der Waals surface area contributed by atoms with Crippen molar-refractivity contribution in [2.24, 2.45) is 5.92 Å². The molecule has 0 aliphatic carbocycles. The van der Waals surface area contributed by atoms with Crippen LogP contribution in [0.5, 0.6) is 0 Å². The van der Waals surface area contributed by atoms with Gasteiger partial charge in [-0.15, -0.1) is 11.3 Å². The fraction of sp³-hybridized carbons (Fsp3) is 0.571. The van der Waals surface area contributed by atoms with E-state index < -0.39 is 5.97 Å². The Kier molecular flexibility index (Phi) is 5.14. The summed E-state index contributed by atoms with van der Waals surface area (Å²) in [6, 6.07) is 3.98. The van der Waals surface area contributed by atoms with E-state index in [4.69, 9.17) is 5.11 Å². The van der Waals surface area contributed by atoms with Crippen LogP contribution in [0.3, 0.4) is 0 Å². The van der Waals surface area contributed by atoms with Gasteiger partial charge in [0.1, 0.15) is 0 Å². The van der Waals surface area contributed by atoms with E-state index in [0.29, 0.717) is 26.1 Å². The summed E-state index contributed by atoms with van der Waals surface area (Å²) in [7, 11) is 1.79. The van der Waals surface area contributed by atoms with Gasteiger partial charge in [-0.05, 0) is 30.8 Å². The van der Waals surface area contributed by atoms with Gasteiger partial charge in [0.05, 0.1) is 19.0 Å². The van der Waals surface area contributed by atoms with E-state index in [1.807, 2.05) is 22.4 Å². The summed E-state index contributed by atoms with van der Waals surface area (Å²) in [4.78, 5) is 28.0. The van der Waals surface area contributed by atoms with E-state index in [1.165, 1.54) is 0 Å². The summed E-state index contributed by atoms with van der Waals surface area (Å²) < 4.78 is 0. The second-order valence-corrected chi connectivity index (χ2v) is 6.27. The van der Waals surface area contributed by atoms with Gasteiger partial charge < -0.3 is 10.0 Å². The Balaban J connectivity index is 1.82. The molecule has 5 nitrogen and oxygen atoms in total. The van der Waals surface area contributed by atoms with Crippen LogP contribution in [0.1, 0.15) is 17.7 Å². The van der Waals surface area contributed by atoms with Gasteiger partial charge in [0, 0.05) is 18.5 Å². The number of aliphatic carboxylic acids is 1. The zero-order valence-electron chi connectivity index (χ0n) is 11.6. The molecule has 1 unspecified atom stereocenters. The van der Waals surface area contributed by atoms with Crippen molar-refractivity contribution in [1.82, 2.24) is 9.80 Å². The van der Waals surface area contributed by atoms with Crippen molar-refractivity contribution in [3.05, 3.63) is 22.4 Å². The number of likely N-dealkylation sites (N-methyl/N-ethyl adjacent to an activating group) is 1. The zero-order valence-corrected chi connectivity index (χ0v) is 12.4. The molecule has 0 bridgehead atoms. The third-order valence-corrected chi connectivity index (χ3v) is 4.47. The zero-order chi connectivity index (χ0) is 14.5. The van der Waals surface area contributed by atoms with Crippen molar-refractivity contribution < 1.29 is 14.7 Å². The molecule has 1 saturated heterocycles. The molecule has 6 heteroatoms. The number of thiophene rings is 1. The van der Waals surface area contributed by atoms with Crippen molar-refractivity contribution in [2.75, 3.05) is 26.7 Å². The number of carbonyl (C=O) groups is 2. The lowest BCUT2D eigenvalue weighted by molar-refractivity contribution is -0.144. The lowest BCUT2D eigenvalue weighted by Crippen LogP contribution is -2.44. The molecule has 1 N–H and O–H groups in total. The Morgan fingerprint density at radius 2 is 2.35 bits per heavy atom. The van der Waals surface area contributed by atoms with Crippen molar-refractivity contribution >= 4 is 23.2 Å². The number of carboxylic acids is 1. The molecule has 1 fully saturated rings. The first-order valence-corrected chi connectivity index (χ1v) is 7.65. The molecule has 1 aliphatic rings. The quantitative estimate of drug-likeness (QED) is 0.894. The molecule has 0 saturated carbocycles. The van der Waals surface area contributed by atoms with Gasteiger partial charge in [-0.1, -0.05) is 6.07 Å². The maximum absolute atomic E-state index is 12.2. The van der Waals surface area contributed by atoms with E-state index in [9.17, 15) is 9.59 Å². The number of carboxylic acid groups (broad SMARTS) is 1. The first kappa shape index (κ1) is 15.0.